The van der Waals surface area contributed by atoms with Gasteiger partial charge in [0, 0.05) is 64.9 Å². The lowest BCUT2D eigenvalue weighted by atomic mass is 10.1. The molecule has 4 fully saturated rings. The van der Waals surface area contributed by atoms with Gasteiger partial charge in [0.1, 0.15) is 12.4 Å². The predicted octanol–water partition coefficient (Wildman–Crippen LogP) is 0.261. The van der Waals surface area contributed by atoms with E-state index in [0.29, 0.717) is 18.6 Å². The lowest BCUT2D eigenvalue weighted by molar-refractivity contribution is 0.0154. The van der Waals surface area contributed by atoms with Crippen LogP contribution in [0.5, 0.6) is 0 Å². The number of halogens is 1. The van der Waals surface area contributed by atoms with Gasteiger partial charge in [-0.15, -0.1) is 34.2 Å². The van der Waals surface area contributed by atoms with Crippen LogP contribution in [0.1, 0.15) is 31.4 Å². The molecule has 4 aliphatic rings. The van der Waals surface area contributed by atoms with Gasteiger partial charge in [-0.3, -0.25) is 14.7 Å². The third kappa shape index (κ3) is 5.63. The maximum absolute atomic E-state index is 4.85. The van der Waals surface area contributed by atoms with Gasteiger partial charge in [0.15, 0.2) is 11.8 Å². The number of likely N-dealkylation sites (N-methyl/N-ethyl adjacent to an activating group) is 1. The number of fused-ring (bicyclic) bond motifs is 3. The van der Waals surface area contributed by atoms with Crippen LogP contribution >= 0.6 is 24.0 Å². The molecule has 0 radical (unpaired) electrons. The van der Waals surface area contributed by atoms with Crippen molar-refractivity contribution in [3.8, 4) is 0 Å². The van der Waals surface area contributed by atoms with E-state index in [1.54, 1.807) is 0 Å². The Morgan fingerprint density at radius 1 is 1.07 bits per heavy atom. The van der Waals surface area contributed by atoms with Gasteiger partial charge in [0.25, 0.3) is 0 Å². The zero-order chi connectivity index (χ0) is 20.2. The summed E-state index contributed by atoms with van der Waals surface area (Å²) in [5.74, 6) is 2.71. The number of hydrogen-bond donors (Lipinski definition) is 2. The predicted molar refractivity (Wildman–Crippen MR) is 130 cm³/mol. The Labute approximate surface area is 197 Å². The standard InChI is InChI=1S/C20H37N9.HI/c1-4-28-7-5-6-17(28)12-21-20(23-14-19-25-24-16(2)26(19)3)22-13-18-15-27-8-10-29(18)11-9-27;/h17-18H,4-15H2,1-3H3,(H2,21,22,23);1H. The first-order valence-corrected chi connectivity index (χ1v) is 11.2. The average molecular weight is 531 g/mol. The van der Waals surface area contributed by atoms with Crippen molar-refractivity contribution in [2.45, 2.75) is 45.3 Å². The highest BCUT2D eigenvalue weighted by atomic mass is 127. The Morgan fingerprint density at radius 2 is 1.80 bits per heavy atom. The molecular formula is C20H38IN9. The lowest BCUT2D eigenvalue weighted by Gasteiger charge is -2.47. The third-order valence-electron chi connectivity index (χ3n) is 6.87. The lowest BCUT2D eigenvalue weighted by Crippen LogP contribution is -2.64. The van der Waals surface area contributed by atoms with E-state index >= 15 is 0 Å². The van der Waals surface area contributed by atoms with Crippen LogP contribution in [-0.2, 0) is 13.6 Å². The van der Waals surface area contributed by atoms with Crippen LogP contribution in [0.2, 0.25) is 0 Å². The zero-order valence-corrected chi connectivity index (χ0v) is 21.0. The van der Waals surface area contributed by atoms with E-state index < -0.39 is 0 Å². The molecule has 0 saturated carbocycles. The molecule has 0 aromatic carbocycles. The monoisotopic (exact) mass is 531 g/mol. The molecule has 1 aromatic heterocycles. The van der Waals surface area contributed by atoms with Crippen molar-refractivity contribution in [1.82, 2.24) is 40.1 Å². The van der Waals surface area contributed by atoms with Crippen molar-refractivity contribution in [2.24, 2.45) is 12.0 Å². The summed E-state index contributed by atoms with van der Waals surface area (Å²) in [4.78, 5) is 12.6. The maximum Gasteiger partial charge on any atom is 0.191 e. The summed E-state index contributed by atoms with van der Waals surface area (Å²) < 4.78 is 2.01. The van der Waals surface area contributed by atoms with E-state index in [9.17, 15) is 0 Å². The molecule has 170 valence electrons. The highest BCUT2D eigenvalue weighted by Gasteiger charge is 2.31. The Hall–Kier alpha value is -0.980. The Morgan fingerprint density at radius 3 is 2.40 bits per heavy atom. The molecule has 10 heteroatoms. The Bertz CT molecular complexity index is 698. The maximum atomic E-state index is 4.85. The molecule has 1 aromatic rings. The van der Waals surface area contributed by atoms with E-state index in [1.165, 1.54) is 45.6 Å². The number of guanidine groups is 1. The molecule has 2 unspecified atom stereocenters. The van der Waals surface area contributed by atoms with E-state index in [4.69, 9.17) is 4.99 Å². The van der Waals surface area contributed by atoms with Crippen LogP contribution in [0.25, 0.3) is 0 Å². The van der Waals surface area contributed by atoms with Crippen molar-refractivity contribution in [3.63, 3.8) is 0 Å². The minimum absolute atomic E-state index is 0. The van der Waals surface area contributed by atoms with Gasteiger partial charge in [-0.25, -0.2) is 4.99 Å². The first-order chi connectivity index (χ1) is 14.1. The van der Waals surface area contributed by atoms with Gasteiger partial charge < -0.3 is 15.2 Å². The van der Waals surface area contributed by atoms with Crippen molar-refractivity contribution in [3.05, 3.63) is 11.6 Å². The number of aryl methyl sites for hydroxylation is 1. The quantitative estimate of drug-likeness (QED) is 0.297. The summed E-state index contributed by atoms with van der Waals surface area (Å²) in [6.07, 6.45) is 2.56. The second kappa shape index (κ2) is 11.1. The molecule has 30 heavy (non-hydrogen) atoms. The van der Waals surface area contributed by atoms with Crippen molar-refractivity contribution < 1.29 is 0 Å². The summed E-state index contributed by atoms with van der Waals surface area (Å²) in [5, 5.41) is 15.6. The van der Waals surface area contributed by atoms with E-state index in [1.807, 2.05) is 18.5 Å². The van der Waals surface area contributed by atoms with Crippen molar-refractivity contribution >= 4 is 29.9 Å². The smallest absolute Gasteiger partial charge is 0.191 e. The topological polar surface area (TPSA) is 76.8 Å². The first kappa shape index (κ1) is 23.7. The summed E-state index contributed by atoms with van der Waals surface area (Å²) in [7, 11) is 2.00. The van der Waals surface area contributed by atoms with Crippen molar-refractivity contribution in [2.75, 3.05) is 58.9 Å². The number of rotatable bonds is 7. The van der Waals surface area contributed by atoms with Crippen LogP contribution in [-0.4, -0.2) is 106 Å². The molecule has 2 atom stereocenters. The SMILES string of the molecule is CCN1CCCC1CNC(=NCc1nnc(C)n1C)NCC1CN2CCN1CC2.I. The van der Waals surface area contributed by atoms with E-state index in [0.717, 1.165) is 43.8 Å². The fourth-order valence-corrected chi connectivity index (χ4v) is 4.80. The molecule has 0 spiro atoms. The van der Waals surface area contributed by atoms with Gasteiger partial charge in [-0.1, -0.05) is 6.92 Å². The third-order valence-corrected chi connectivity index (χ3v) is 6.87. The minimum atomic E-state index is 0. The van der Waals surface area contributed by atoms with Gasteiger partial charge in [0.05, 0.1) is 0 Å². The van der Waals surface area contributed by atoms with Crippen LogP contribution in [0, 0.1) is 6.92 Å². The minimum Gasteiger partial charge on any atom is -0.355 e. The number of nitrogens with one attached hydrogen (secondary N) is 2. The molecule has 4 saturated heterocycles. The van der Waals surface area contributed by atoms with Crippen molar-refractivity contribution in [1.29, 1.82) is 0 Å². The highest BCUT2D eigenvalue weighted by Crippen LogP contribution is 2.16. The molecule has 4 aliphatic heterocycles. The molecule has 2 N–H and O–H groups in total. The summed E-state index contributed by atoms with van der Waals surface area (Å²) in [6.45, 7) is 15.0. The fourth-order valence-electron chi connectivity index (χ4n) is 4.80. The summed E-state index contributed by atoms with van der Waals surface area (Å²) in [6, 6.07) is 1.17. The average Bonchev–Trinajstić information content (AvgIpc) is 3.35. The van der Waals surface area contributed by atoms with Crippen LogP contribution in [0.15, 0.2) is 4.99 Å². The molecule has 5 rings (SSSR count). The zero-order valence-electron chi connectivity index (χ0n) is 18.7. The summed E-state index contributed by atoms with van der Waals surface area (Å²) >= 11 is 0. The van der Waals surface area contributed by atoms with Crippen LogP contribution in [0.4, 0.5) is 0 Å². The number of hydrogen-bond acceptors (Lipinski definition) is 6. The van der Waals surface area contributed by atoms with Gasteiger partial charge in [-0.2, -0.15) is 0 Å². The van der Waals surface area contributed by atoms with Crippen LogP contribution < -0.4 is 10.6 Å². The molecule has 0 aliphatic carbocycles. The Balaban J connectivity index is 0.00000256. The van der Waals surface area contributed by atoms with Gasteiger partial charge >= 0.3 is 0 Å². The van der Waals surface area contributed by atoms with E-state index in [2.05, 4.69) is 42.5 Å². The number of nitrogens with zero attached hydrogens (tertiary/aromatic N) is 7. The second-order valence-electron chi connectivity index (χ2n) is 8.56. The normalized spacial score (nSPS) is 29.1. The molecule has 5 heterocycles. The summed E-state index contributed by atoms with van der Waals surface area (Å²) in [5.41, 5.74) is 0. The molecule has 0 amide bonds. The highest BCUT2D eigenvalue weighted by molar-refractivity contribution is 14.0. The molecular weight excluding hydrogens is 493 g/mol. The number of aliphatic imine (C=N–C) groups is 1. The Kier molecular flexibility index (Phi) is 8.72. The van der Waals surface area contributed by atoms with Gasteiger partial charge in [0.2, 0.25) is 0 Å². The van der Waals surface area contributed by atoms with E-state index in [-0.39, 0.29) is 24.0 Å². The molecule has 9 nitrogen and oxygen atoms in total. The fraction of sp³-hybridized carbons (Fsp3) is 0.850. The molecule has 2 bridgehead atoms. The largest absolute Gasteiger partial charge is 0.355 e. The second-order valence-corrected chi connectivity index (χ2v) is 8.56. The number of aromatic nitrogens is 3. The number of piperazine rings is 3. The number of likely N-dealkylation sites (tertiary alicyclic amines) is 1. The first-order valence-electron chi connectivity index (χ1n) is 11.2. The van der Waals surface area contributed by atoms with Gasteiger partial charge in [-0.05, 0) is 32.9 Å². The van der Waals surface area contributed by atoms with Crippen LogP contribution in [0.3, 0.4) is 0 Å².